The van der Waals surface area contributed by atoms with E-state index in [9.17, 15) is 27.6 Å². The SMILES string of the molecule is O=C(O)CCC(=O)N(C1CC1)[C@H]1c2ccccc2N(C(=O)c2ccc(SC(F)(F)F)cc2)[C@H]2CC[C@H]21. The molecule has 10 heteroatoms. The van der Waals surface area contributed by atoms with Gasteiger partial charge in [-0.3, -0.25) is 14.4 Å². The standard InChI is InChI=1S/C26H25F3N2O4S/c27-26(28,29)36-17-9-5-15(6-10-17)25(35)31-20-4-2-1-3-18(20)24(19-11-12-21(19)31)30(16-7-8-16)22(32)13-14-23(33)34/h1-6,9-10,16,19,21,24H,7-8,11-14H2,(H,33,34)/t19-,21+,24+/m1/s1. The summed E-state index contributed by atoms with van der Waals surface area (Å²) in [6.07, 6.45) is 3.04. The minimum atomic E-state index is -4.40. The smallest absolute Gasteiger partial charge is 0.446 e. The van der Waals surface area contributed by atoms with Gasteiger partial charge in [0.15, 0.2) is 0 Å². The van der Waals surface area contributed by atoms with Crippen LogP contribution in [0.1, 0.15) is 60.5 Å². The number of hydrogen-bond donors (Lipinski definition) is 1. The van der Waals surface area contributed by atoms with Gasteiger partial charge in [-0.1, -0.05) is 18.2 Å². The zero-order valence-corrected chi connectivity index (χ0v) is 20.1. The molecule has 0 saturated heterocycles. The molecular weight excluding hydrogens is 493 g/mol. The van der Waals surface area contributed by atoms with Gasteiger partial charge in [-0.05, 0) is 73.3 Å². The summed E-state index contributed by atoms with van der Waals surface area (Å²) < 4.78 is 38.1. The number of carbonyl (C=O) groups is 3. The summed E-state index contributed by atoms with van der Waals surface area (Å²) in [4.78, 5) is 41.5. The Bertz CT molecular complexity index is 1180. The molecule has 0 bridgehead atoms. The van der Waals surface area contributed by atoms with Crippen molar-refractivity contribution in [3.8, 4) is 0 Å². The van der Waals surface area contributed by atoms with Crippen molar-refractivity contribution in [2.24, 2.45) is 5.92 Å². The highest BCUT2D eigenvalue weighted by molar-refractivity contribution is 8.00. The Morgan fingerprint density at radius 2 is 1.67 bits per heavy atom. The van der Waals surface area contributed by atoms with E-state index in [2.05, 4.69) is 0 Å². The number of rotatable bonds is 7. The van der Waals surface area contributed by atoms with Gasteiger partial charge < -0.3 is 14.9 Å². The van der Waals surface area contributed by atoms with Crippen LogP contribution in [0.5, 0.6) is 0 Å². The first-order valence-electron chi connectivity index (χ1n) is 12.0. The van der Waals surface area contributed by atoms with Crippen LogP contribution in [-0.4, -0.2) is 45.4 Å². The molecule has 0 aromatic heterocycles. The maximum Gasteiger partial charge on any atom is 0.446 e. The predicted octanol–water partition coefficient (Wildman–Crippen LogP) is 5.63. The van der Waals surface area contributed by atoms with Gasteiger partial charge in [0.25, 0.3) is 5.91 Å². The van der Waals surface area contributed by atoms with Gasteiger partial charge in [0, 0.05) is 40.6 Å². The number of alkyl halides is 3. The predicted molar refractivity (Wildman–Crippen MR) is 128 cm³/mol. The number of fused-ring (bicyclic) bond motifs is 2. The largest absolute Gasteiger partial charge is 0.481 e. The highest BCUT2D eigenvalue weighted by Gasteiger charge is 2.53. The molecule has 1 heterocycles. The fraction of sp³-hybridized carbons (Fsp3) is 0.423. The third-order valence-corrected chi connectivity index (χ3v) is 7.92. The van der Waals surface area contributed by atoms with Gasteiger partial charge >= 0.3 is 11.5 Å². The van der Waals surface area contributed by atoms with E-state index in [1.165, 1.54) is 24.3 Å². The number of halogens is 3. The summed E-state index contributed by atoms with van der Waals surface area (Å²) in [6.45, 7) is 0. The van der Waals surface area contributed by atoms with Crippen molar-refractivity contribution in [1.29, 1.82) is 0 Å². The van der Waals surface area contributed by atoms with E-state index in [0.717, 1.165) is 31.2 Å². The molecule has 6 nitrogen and oxygen atoms in total. The monoisotopic (exact) mass is 518 g/mol. The molecule has 2 aliphatic carbocycles. The second-order valence-electron chi connectivity index (χ2n) is 9.49. The summed E-state index contributed by atoms with van der Waals surface area (Å²) in [5.74, 6) is -1.46. The number of anilines is 1. The number of para-hydroxylation sites is 1. The topological polar surface area (TPSA) is 77.9 Å². The van der Waals surface area contributed by atoms with Crippen molar-refractivity contribution >= 4 is 35.2 Å². The van der Waals surface area contributed by atoms with Crippen LogP contribution in [0, 0.1) is 5.92 Å². The summed E-state index contributed by atoms with van der Waals surface area (Å²) in [5.41, 5.74) is -2.55. The third-order valence-electron chi connectivity index (χ3n) is 7.18. The van der Waals surface area contributed by atoms with Crippen LogP contribution in [-0.2, 0) is 9.59 Å². The lowest BCUT2D eigenvalue weighted by atomic mass is 9.67. The number of aliphatic carboxylic acids is 1. The molecule has 1 N–H and O–H groups in total. The highest BCUT2D eigenvalue weighted by atomic mass is 32.2. The molecular formula is C26H25F3N2O4S. The first kappa shape index (κ1) is 24.7. The van der Waals surface area contributed by atoms with Crippen LogP contribution in [0.4, 0.5) is 18.9 Å². The van der Waals surface area contributed by atoms with E-state index in [1.54, 1.807) is 4.90 Å². The highest BCUT2D eigenvalue weighted by Crippen LogP contribution is 2.54. The maximum absolute atomic E-state index is 13.6. The van der Waals surface area contributed by atoms with Gasteiger partial charge in [-0.2, -0.15) is 13.2 Å². The van der Waals surface area contributed by atoms with E-state index in [0.29, 0.717) is 11.3 Å². The number of nitrogens with zero attached hydrogens (tertiary/aromatic N) is 2. The summed E-state index contributed by atoms with van der Waals surface area (Å²) in [6, 6.07) is 12.6. The molecule has 3 atom stereocenters. The van der Waals surface area contributed by atoms with Gasteiger partial charge in [0.2, 0.25) is 5.91 Å². The average molecular weight is 519 g/mol. The van der Waals surface area contributed by atoms with Crippen molar-refractivity contribution in [3.63, 3.8) is 0 Å². The number of carboxylic acids is 1. The van der Waals surface area contributed by atoms with Crippen LogP contribution in [0.3, 0.4) is 0 Å². The second-order valence-corrected chi connectivity index (χ2v) is 10.6. The van der Waals surface area contributed by atoms with Crippen molar-refractivity contribution in [1.82, 2.24) is 4.90 Å². The Morgan fingerprint density at radius 1 is 0.972 bits per heavy atom. The Balaban J connectivity index is 1.46. The normalized spacial score (nSPS) is 22.8. The maximum atomic E-state index is 13.6. The van der Waals surface area contributed by atoms with Crippen molar-refractivity contribution < 1.29 is 32.7 Å². The molecule has 1 aliphatic heterocycles. The molecule has 2 aromatic rings. The zero-order chi connectivity index (χ0) is 25.6. The second kappa shape index (κ2) is 9.46. The Kier molecular flexibility index (Phi) is 6.48. The zero-order valence-electron chi connectivity index (χ0n) is 19.3. The lowest BCUT2D eigenvalue weighted by Crippen LogP contribution is -2.59. The summed E-state index contributed by atoms with van der Waals surface area (Å²) >= 11 is -0.221. The average Bonchev–Trinajstić information content (AvgIpc) is 3.63. The van der Waals surface area contributed by atoms with E-state index in [-0.39, 0.29) is 65.4 Å². The molecule has 5 rings (SSSR count). The molecule has 0 spiro atoms. The van der Waals surface area contributed by atoms with Crippen molar-refractivity contribution in [2.45, 2.75) is 67.1 Å². The Hall–Kier alpha value is -3.01. The number of amides is 2. The lowest BCUT2D eigenvalue weighted by molar-refractivity contribution is -0.143. The number of carbonyl (C=O) groups excluding carboxylic acids is 2. The van der Waals surface area contributed by atoms with E-state index in [4.69, 9.17) is 5.11 Å². The fourth-order valence-corrected chi connectivity index (χ4v) is 5.94. The minimum Gasteiger partial charge on any atom is -0.481 e. The summed E-state index contributed by atoms with van der Waals surface area (Å²) in [5, 5.41) is 9.08. The van der Waals surface area contributed by atoms with Crippen LogP contribution < -0.4 is 4.90 Å². The summed E-state index contributed by atoms with van der Waals surface area (Å²) in [7, 11) is 0. The van der Waals surface area contributed by atoms with E-state index >= 15 is 0 Å². The van der Waals surface area contributed by atoms with Crippen LogP contribution in [0.15, 0.2) is 53.4 Å². The Labute approximate surface area is 210 Å². The van der Waals surface area contributed by atoms with Crippen molar-refractivity contribution in [2.75, 3.05) is 4.90 Å². The van der Waals surface area contributed by atoms with Gasteiger partial charge in [0.05, 0.1) is 12.5 Å². The van der Waals surface area contributed by atoms with Gasteiger partial charge in [-0.15, -0.1) is 0 Å². The van der Waals surface area contributed by atoms with Crippen LogP contribution in [0.2, 0.25) is 0 Å². The van der Waals surface area contributed by atoms with Crippen LogP contribution >= 0.6 is 11.8 Å². The Morgan fingerprint density at radius 3 is 2.25 bits per heavy atom. The molecule has 190 valence electrons. The fourth-order valence-electron chi connectivity index (χ4n) is 5.40. The van der Waals surface area contributed by atoms with Crippen molar-refractivity contribution in [3.05, 3.63) is 59.7 Å². The number of hydrogen-bond acceptors (Lipinski definition) is 4. The molecule has 2 amide bonds. The quantitative estimate of drug-likeness (QED) is 0.481. The molecule has 0 radical (unpaired) electrons. The van der Waals surface area contributed by atoms with Gasteiger partial charge in [-0.25, -0.2) is 0 Å². The third kappa shape index (κ3) is 4.83. The van der Waals surface area contributed by atoms with Crippen LogP contribution in [0.25, 0.3) is 0 Å². The molecule has 2 aromatic carbocycles. The van der Waals surface area contributed by atoms with E-state index < -0.39 is 11.5 Å². The minimum absolute atomic E-state index is 0.0123. The first-order valence-corrected chi connectivity index (χ1v) is 12.8. The molecule has 2 fully saturated rings. The lowest BCUT2D eigenvalue weighted by Gasteiger charge is -2.55. The van der Waals surface area contributed by atoms with E-state index in [1.807, 2.05) is 29.2 Å². The number of thioether (sulfide) groups is 1. The number of carboxylic acid groups (broad SMARTS) is 1. The molecule has 0 unspecified atom stereocenters. The van der Waals surface area contributed by atoms with Gasteiger partial charge in [0.1, 0.15) is 0 Å². The molecule has 2 saturated carbocycles. The molecule has 36 heavy (non-hydrogen) atoms. The molecule has 3 aliphatic rings. The first-order chi connectivity index (χ1) is 17.1. The number of benzene rings is 2.